The summed E-state index contributed by atoms with van der Waals surface area (Å²) in [5.41, 5.74) is 0. The van der Waals surface area contributed by atoms with Crippen LogP contribution in [0.3, 0.4) is 0 Å². The second kappa shape index (κ2) is 4.09. The third kappa shape index (κ3) is 1.96. The topological polar surface area (TPSA) is 47.9 Å². The first-order chi connectivity index (χ1) is 5.77. The van der Waals surface area contributed by atoms with Crippen molar-refractivity contribution in [3.63, 3.8) is 0 Å². The monoisotopic (exact) mass is 171 g/mol. The molecule has 4 nitrogen and oxygen atoms in total. The molecular weight excluding hydrogens is 158 g/mol. The van der Waals surface area contributed by atoms with Crippen LogP contribution in [0.2, 0.25) is 0 Å². The van der Waals surface area contributed by atoms with Crippen molar-refractivity contribution in [2.75, 3.05) is 14.2 Å². The molecule has 0 amide bonds. The van der Waals surface area contributed by atoms with Gasteiger partial charge in [-0.3, -0.25) is 0 Å². The molecule has 4 heteroatoms. The molecule has 1 atom stereocenters. The summed E-state index contributed by atoms with van der Waals surface area (Å²) in [7, 11) is 2.94. The number of aliphatic imine (C=N–C) groups is 1. The van der Waals surface area contributed by atoms with E-state index in [0.29, 0.717) is 5.90 Å². The van der Waals surface area contributed by atoms with Gasteiger partial charge in [0.15, 0.2) is 11.9 Å². The number of hydrogen-bond donors (Lipinski definition) is 0. The van der Waals surface area contributed by atoms with Crippen LogP contribution in [0, 0.1) is 0 Å². The van der Waals surface area contributed by atoms with Crippen molar-refractivity contribution >= 4 is 11.9 Å². The van der Waals surface area contributed by atoms with E-state index >= 15 is 0 Å². The number of esters is 1. The van der Waals surface area contributed by atoms with Crippen molar-refractivity contribution in [1.29, 1.82) is 0 Å². The third-order valence-corrected chi connectivity index (χ3v) is 1.88. The third-order valence-electron chi connectivity index (χ3n) is 1.88. The molecule has 1 aliphatic heterocycles. The lowest BCUT2D eigenvalue weighted by Gasteiger charge is -2.16. The first kappa shape index (κ1) is 9.03. The minimum Gasteiger partial charge on any atom is -0.484 e. The number of nitrogens with zero attached hydrogens (tertiary/aromatic N) is 1. The van der Waals surface area contributed by atoms with Gasteiger partial charge in [-0.05, 0) is 12.8 Å². The molecular formula is C8H13NO3. The molecule has 0 aromatic carbocycles. The molecule has 0 N–H and O–H groups in total. The van der Waals surface area contributed by atoms with Crippen LogP contribution >= 0.6 is 0 Å². The zero-order chi connectivity index (χ0) is 8.97. The van der Waals surface area contributed by atoms with Gasteiger partial charge in [0, 0.05) is 6.42 Å². The van der Waals surface area contributed by atoms with Crippen LogP contribution in [-0.4, -0.2) is 32.1 Å². The van der Waals surface area contributed by atoms with Crippen molar-refractivity contribution < 1.29 is 14.3 Å². The molecule has 0 aromatic rings. The number of rotatable bonds is 1. The van der Waals surface area contributed by atoms with E-state index in [1.807, 2.05) is 0 Å². The van der Waals surface area contributed by atoms with Gasteiger partial charge in [0.05, 0.1) is 14.2 Å². The Morgan fingerprint density at radius 2 is 2.33 bits per heavy atom. The second-order valence-electron chi connectivity index (χ2n) is 2.66. The average Bonchev–Trinajstić information content (AvgIpc) is 2.17. The predicted molar refractivity (Wildman–Crippen MR) is 44.1 cm³/mol. The van der Waals surface area contributed by atoms with Gasteiger partial charge >= 0.3 is 5.97 Å². The van der Waals surface area contributed by atoms with Crippen LogP contribution in [0.5, 0.6) is 0 Å². The molecule has 0 spiro atoms. The highest BCUT2D eigenvalue weighted by Gasteiger charge is 2.22. The number of carbonyl (C=O) groups is 1. The SMILES string of the molecule is COC(=O)[C@@H]1CCCC(OC)=N1. The van der Waals surface area contributed by atoms with Crippen LogP contribution < -0.4 is 0 Å². The first-order valence-electron chi connectivity index (χ1n) is 3.96. The predicted octanol–water partition coefficient (Wildman–Crippen LogP) is 0.757. The summed E-state index contributed by atoms with van der Waals surface area (Å²) in [4.78, 5) is 15.1. The van der Waals surface area contributed by atoms with Gasteiger partial charge < -0.3 is 9.47 Å². The Bertz CT molecular complexity index is 200. The first-order valence-corrected chi connectivity index (χ1v) is 3.96. The fourth-order valence-electron chi connectivity index (χ4n) is 1.21. The maximum Gasteiger partial charge on any atom is 0.330 e. The smallest absolute Gasteiger partial charge is 0.330 e. The van der Waals surface area contributed by atoms with E-state index in [1.54, 1.807) is 7.11 Å². The highest BCUT2D eigenvalue weighted by molar-refractivity contribution is 5.83. The highest BCUT2D eigenvalue weighted by atomic mass is 16.5. The fourth-order valence-corrected chi connectivity index (χ4v) is 1.21. The zero-order valence-corrected chi connectivity index (χ0v) is 7.37. The number of hydrogen-bond acceptors (Lipinski definition) is 4. The Labute approximate surface area is 71.6 Å². The van der Waals surface area contributed by atoms with E-state index in [2.05, 4.69) is 9.73 Å². The van der Waals surface area contributed by atoms with Gasteiger partial charge in [0.1, 0.15) is 0 Å². The maximum absolute atomic E-state index is 11.0. The normalized spacial score (nSPS) is 22.8. The summed E-state index contributed by atoms with van der Waals surface area (Å²) >= 11 is 0. The summed E-state index contributed by atoms with van der Waals surface area (Å²) < 4.78 is 9.54. The Morgan fingerprint density at radius 3 is 2.92 bits per heavy atom. The summed E-state index contributed by atoms with van der Waals surface area (Å²) in [5.74, 6) is 0.376. The molecule has 12 heavy (non-hydrogen) atoms. The van der Waals surface area contributed by atoms with Gasteiger partial charge in [-0.15, -0.1) is 0 Å². The molecule has 1 rings (SSSR count). The largest absolute Gasteiger partial charge is 0.484 e. The van der Waals surface area contributed by atoms with Crippen molar-refractivity contribution in [2.45, 2.75) is 25.3 Å². The van der Waals surface area contributed by atoms with Crippen LogP contribution in [0.15, 0.2) is 4.99 Å². The maximum atomic E-state index is 11.0. The van der Waals surface area contributed by atoms with Gasteiger partial charge in [0.2, 0.25) is 0 Å². The molecule has 0 aromatic heterocycles. The van der Waals surface area contributed by atoms with Crippen LogP contribution in [-0.2, 0) is 14.3 Å². The van der Waals surface area contributed by atoms with Crippen LogP contribution in [0.1, 0.15) is 19.3 Å². The minimum absolute atomic E-state index is 0.274. The van der Waals surface area contributed by atoms with Crippen LogP contribution in [0.4, 0.5) is 0 Å². The standard InChI is InChI=1S/C8H13NO3/c1-11-7-5-3-4-6(9-7)8(10)12-2/h6H,3-5H2,1-2H3/t6-/m0/s1. The highest BCUT2D eigenvalue weighted by Crippen LogP contribution is 2.14. The molecule has 0 bridgehead atoms. The van der Waals surface area contributed by atoms with Crippen molar-refractivity contribution in [2.24, 2.45) is 4.99 Å². The quantitative estimate of drug-likeness (QED) is 0.547. The Balaban J connectivity index is 2.60. The molecule has 1 heterocycles. The lowest BCUT2D eigenvalue weighted by molar-refractivity contribution is -0.142. The summed E-state index contributed by atoms with van der Waals surface area (Å²) in [5, 5.41) is 0. The van der Waals surface area contributed by atoms with Crippen LogP contribution in [0.25, 0.3) is 0 Å². The van der Waals surface area contributed by atoms with E-state index in [-0.39, 0.29) is 12.0 Å². The summed E-state index contributed by atoms with van der Waals surface area (Å²) in [6.07, 6.45) is 2.52. The second-order valence-corrected chi connectivity index (χ2v) is 2.66. The molecule has 0 unspecified atom stereocenters. The zero-order valence-electron chi connectivity index (χ0n) is 7.37. The van der Waals surface area contributed by atoms with Gasteiger partial charge in [-0.25, -0.2) is 9.79 Å². The van der Waals surface area contributed by atoms with E-state index in [4.69, 9.17) is 4.74 Å². The molecule has 0 saturated heterocycles. The fraction of sp³-hybridized carbons (Fsp3) is 0.750. The minimum atomic E-state index is -0.348. The lowest BCUT2D eigenvalue weighted by Crippen LogP contribution is -2.25. The van der Waals surface area contributed by atoms with E-state index < -0.39 is 0 Å². The van der Waals surface area contributed by atoms with Gasteiger partial charge in [0.25, 0.3) is 0 Å². The number of ether oxygens (including phenoxy) is 2. The lowest BCUT2D eigenvalue weighted by atomic mass is 10.1. The summed E-state index contributed by atoms with van der Waals surface area (Å²) in [6.45, 7) is 0. The summed E-state index contributed by atoms with van der Waals surface area (Å²) in [6, 6.07) is -0.348. The van der Waals surface area contributed by atoms with Gasteiger partial charge in [-0.1, -0.05) is 0 Å². The molecule has 1 aliphatic rings. The van der Waals surface area contributed by atoms with Crippen molar-refractivity contribution in [3.8, 4) is 0 Å². The van der Waals surface area contributed by atoms with E-state index in [1.165, 1.54) is 7.11 Å². The van der Waals surface area contributed by atoms with E-state index in [9.17, 15) is 4.79 Å². The average molecular weight is 171 g/mol. The van der Waals surface area contributed by atoms with Crippen molar-refractivity contribution in [3.05, 3.63) is 0 Å². The van der Waals surface area contributed by atoms with Crippen molar-refractivity contribution in [1.82, 2.24) is 0 Å². The van der Waals surface area contributed by atoms with E-state index in [0.717, 1.165) is 19.3 Å². The van der Waals surface area contributed by atoms with Gasteiger partial charge in [-0.2, -0.15) is 0 Å². The molecule has 0 fully saturated rings. The molecule has 0 aliphatic carbocycles. The molecule has 68 valence electrons. The Kier molecular flexibility index (Phi) is 3.08. The molecule has 0 saturated carbocycles. The molecule has 0 radical (unpaired) electrons. The number of methoxy groups -OCH3 is 2. The Hall–Kier alpha value is -1.06. The Morgan fingerprint density at radius 1 is 1.58 bits per heavy atom. The number of carbonyl (C=O) groups excluding carboxylic acids is 1.